The van der Waals surface area contributed by atoms with Gasteiger partial charge >= 0.3 is 5.97 Å². The summed E-state index contributed by atoms with van der Waals surface area (Å²) < 4.78 is 16.1. The molecular formula is C20H26N2O6. The molecule has 0 saturated carbocycles. The number of H-pyrrole nitrogens is 2. The van der Waals surface area contributed by atoms with Crippen LogP contribution in [0.25, 0.3) is 0 Å². The second-order valence-electron chi connectivity index (χ2n) is 7.56. The van der Waals surface area contributed by atoms with E-state index in [9.17, 15) is 14.7 Å². The van der Waals surface area contributed by atoms with Crippen molar-refractivity contribution in [3.05, 3.63) is 45.4 Å². The Kier molecular flexibility index (Phi) is 5.25. The predicted molar refractivity (Wildman–Crippen MR) is 102 cm³/mol. The van der Waals surface area contributed by atoms with Gasteiger partial charge in [0.25, 0.3) is 5.56 Å². The van der Waals surface area contributed by atoms with Gasteiger partial charge in [-0.3, -0.25) is 14.7 Å². The number of carbonyl (C=O) groups is 1. The number of aromatic nitrogens is 2. The lowest BCUT2D eigenvalue weighted by atomic mass is 9.66. The molecule has 1 aliphatic rings. The van der Waals surface area contributed by atoms with Gasteiger partial charge in [-0.05, 0) is 38.5 Å². The van der Waals surface area contributed by atoms with Crippen molar-refractivity contribution in [1.29, 1.82) is 0 Å². The molecule has 0 spiro atoms. The molecule has 0 amide bonds. The average molecular weight is 390 g/mol. The van der Waals surface area contributed by atoms with Gasteiger partial charge in [-0.2, -0.15) is 0 Å². The minimum atomic E-state index is -1.41. The predicted octanol–water partition coefficient (Wildman–Crippen LogP) is 1.73. The van der Waals surface area contributed by atoms with Crippen LogP contribution in [-0.2, 0) is 16.0 Å². The van der Waals surface area contributed by atoms with Gasteiger partial charge in [-0.25, -0.2) is 0 Å². The van der Waals surface area contributed by atoms with Gasteiger partial charge in [0.1, 0.15) is 0 Å². The first kappa shape index (κ1) is 20.0. The summed E-state index contributed by atoms with van der Waals surface area (Å²) >= 11 is 0. The summed E-state index contributed by atoms with van der Waals surface area (Å²) in [4.78, 5) is 25.5. The van der Waals surface area contributed by atoms with Crippen molar-refractivity contribution in [1.82, 2.24) is 10.2 Å². The molecule has 3 rings (SSSR count). The lowest BCUT2D eigenvalue weighted by Gasteiger charge is -2.40. The van der Waals surface area contributed by atoms with Gasteiger partial charge in [-0.1, -0.05) is 6.07 Å². The Balaban J connectivity index is 2.21. The largest absolute Gasteiger partial charge is 0.493 e. The molecule has 3 atom stereocenters. The number of fused-ring (bicyclic) bond motifs is 1. The number of carbonyl (C=O) groups excluding carboxylic acids is 1. The standard InChI is InChI=1S/C20H26N2O6/c1-10(2)28-19(24)17-15(11-6-7-13(26-4)14(8-11)27-5)16-12(9-20(17,3)25)21-22-18(16)23/h6-8,10,15,17,25H,9H2,1-5H3,(H2,21,22,23)/t15-,17-,20+/m1/s1. The molecule has 152 valence electrons. The van der Waals surface area contributed by atoms with Crippen molar-refractivity contribution in [3.63, 3.8) is 0 Å². The van der Waals surface area contributed by atoms with Crippen molar-refractivity contribution in [3.8, 4) is 11.5 Å². The number of ether oxygens (including phenoxy) is 3. The van der Waals surface area contributed by atoms with E-state index < -0.39 is 23.4 Å². The number of aromatic amines is 2. The van der Waals surface area contributed by atoms with Gasteiger partial charge in [0.15, 0.2) is 11.5 Å². The van der Waals surface area contributed by atoms with Crippen LogP contribution < -0.4 is 15.0 Å². The number of aliphatic hydroxyl groups is 1. The van der Waals surface area contributed by atoms with Crippen LogP contribution in [0.1, 0.15) is 43.5 Å². The topological polar surface area (TPSA) is 114 Å². The van der Waals surface area contributed by atoms with Crippen LogP contribution in [-0.4, -0.2) is 47.2 Å². The number of hydrogen-bond donors (Lipinski definition) is 3. The maximum Gasteiger partial charge on any atom is 0.313 e. The SMILES string of the molecule is COc1ccc([C@@H]2c3c([nH][nH]c3=O)C[C@](C)(O)[C@H]2C(=O)OC(C)C)cc1OC. The molecule has 0 saturated heterocycles. The normalized spacial score (nSPS) is 24.0. The van der Waals surface area contributed by atoms with E-state index in [1.807, 2.05) is 0 Å². The number of benzene rings is 1. The van der Waals surface area contributed by atoms with E-state index in [-0.39, 0.29) is 18.1 Å². The lowest BCUT2D eigenvalue weighted by molar-refractivity contribution is -0.163. The number of nitrogens with one attached hydrogen (secondary N) is 2. The molecule has 0 unspecified atom stereocenters. The molecule has 0 bridgehead atoms. The Morgan fingerprint density at radius 2 is 1.89 bits per heavy atom. The first-order valence-corrected chi connectivity index (χ1v) is 9.13. The fourth-order valence-electron chi connectivity index (χ4n) is 3.97. The molecule has 1 aromatic heterocycles. The molecule has 8 nitrogen and oxygen atoms in total. The van der Waals surface area contributed by atoms with E-state index in [1.165, 1.54) is 14.2 Å². The van der Waals surface area contributed by atoms with E-state index in [4.69, 9.17) is 14.2 Å². The van der Waals surface area contributed by atoms with E-state index in [0.29, 0.717) is 28.3 Å². The number of esters is 1. The van der Waals surface area contributed by atoms with Crippen molar-refractivity contribution < 1.29 is 24.1 Å². The molecule has 3 N–H and O–H groups in total. The third kappa shape index (κ3) is 3.40. The van der Waals surface area contributed by atoms with E-state index in [0.717, 1.165) is 0 Å². The third-order valence-corrected chi connectivity index (χ3v) is 5.12. The van der Waals surface area contributed by atoms with E-state index >= 15 is 0 Å². The highest BCUT2D eigenvalue weighted by Crippen LogP contribution is 2.46. The second-order valence-corrected chi connectivity index (χ2v) is 7.56. The second kappa shape index (κ2) is 7.35. The van der Waals surface area contributed by atoms with Crippen LogP contribution in [0.3, 0.4) is 0 Å². The Morgan fingerprint density at radius 3 is 2.50 bits per heavy atom. The quantitative estimate of drug-likeness (QED) is 0.670. The molecular weight excluding hydrogens is 364 g/mol. The van der Waals surface area contributed by atoms with Crippen LogP contribution in [0.2, 0.25) is 0 Å². The monoisotopic (exact) mass is 390 g/mol. The summed E-state index contributed by atoms with van der Waals surface area (Å²) in [7, 11) is 3.04. The molecule has 0 aliphatic heterocycles. The van der Waals surface area contributed by atoms with Crippen LogP contribution in [0.5, 0.6) is 11.5 Å². The lowest BCUT2D eigenvalue weighted by Crippen LogP contribution is -2.50. The number of methoxy groups -OCH3 is 2. The Bertz CT molecular complexity index is 927. The van der Waals surface area contributed by atoms with Crippen molar-refractivity contribution in [2.75, 3.05) is 14.2 Å². The summed E-state index contributed by atoms with van der Waals surface area (Å²) in [6.45, 7) is 5.08. The summed E-state index contributed by atoms with van der Waals surface area (Å²) in [6, 6.07) is 5.19. The van der Waals surface area contributed by atoms with Gasteiger partial charge < -0.3 is 24.4 Å². The Hall–Kier alpha value is -2.74. The summed E-state index contributed by atoms with van der Waals surface area (Å²) in [6.07, 6.45) is -0.219. The Morgan fingerprint density at radius 1 is 1.21 bits per heavy atom. The van der Waals surface area contributed by atoms with Crippen molar-refractivity contribution >= 4 is 5.97 Å². The summed E-state index contributed by atoms with van der Waals surface area (Å²) in [5, 5.41) is 16.5. The first-order chi connectivity index (χ1) is 13.2. The van der Waals surface area contributed by atoms with Crippen LogP contribution >= 0.6 is 0 Å². The molecule has 28 heavy (non-hydrogen) atoms. The van der Waals surface area contributed by atoms with Gasteiger partial charge in [0.2, 0.25) is 0 Å². The smallest absolute Gasteiger partial charge is 0.313 e. The Labute approximate surface area is 162 Å². The maximum atomic E-state index is 13.0. The fourth-order valence-corrected chi connectivity index (χ4v) is 3.97. The third-order valence-electron chi connectivity index (χ3n) is 5.12. The first-order valence-electron chi connectivity index (χ1n) is 9.13. The minimum Gasteiger partial charge on any atom is -0.493 e. The van der Waals surface area contributed by atoms with Crippen LogP contribution in [0, 0.1) is 5.92 Å². The zero-order valence-corrected chi connectivity index (χ0v) is 16.7. The molecule has 8 heteroatoms. The molecule has 1 aliphatic carbocycles. The highest BCUT2D eigenvalue weighted by molar-refractivity contribution is 5.77. The van der Waals surface area contributed by atoms with Crippen molar-refractivity contribution in [2.45, 2.75) is 44.8 Å². The maximum absolute atomic E-state index is 13.0. The van der Waals surface area contributed by atoms with Gasteiger partial charge in [0.05, 0.1) is 31.8 Å². The van der Waals surface area contributed by atoms with Crippen molar-refractivity contribution in [2.24, 2.45) is 5.92 Å². The van der Waals surface area contributed by atoms with Crippen LogP contribution in [0.15, 0.2) is 23.0 Å². The van der Waals surface area contributed by atoms with E-state index in [1.54, 1.807) is 39.0 Å². The summed E-state index contributed by atoms with van der Waals surface area (Å²) in [5.74, 6) is -1.23. The molecule has 2 aromatic rings. The molecule has 0 fully saturated rings. The highest BCUT2D eigenvalue weighted by Gasteiger charge is 2.51. The zero-order chi connectivity index (χ0) is 20.6. The van der Waals surface area contributed by atoms with E-state index in [2.05, 4.69) is 10.2 Å². The minimum absolute atomic E-state index is 0.128. The fraction of sp³-hybridized carbons (Fsp3) is 0.500. The van der Waals surface area contributed by atoms with Crippen LogP contribution in [0.4, 0.5) is 0 Å². The van der Waals surface area contributed by atoms with Gasteiger partial charge in [-0.15, -0.1) is 0 Å². The molecule has 1 heterocycles. The highest BCUT2D eigenvalue weighted by atomic mass is 16.5. The van der Waals surface area contributed by atoms with Gasteiger partial charge in [0, 0.05) is 23.6 Å². The summed E-state index contributed by atoms with van der Waals surface area (Å²) in [5.41, 5.74) is -0.0998. The molecule has 1 aromatic carbocycles. The molecule has 0 radical (unpaired) electrons. The number of rotatable bonds is 5. The average Bonchev–Trinajstić information content (AvgIpc) is 2.98. The number of hydrogen-bond acceptors (Lipinski definition) is 6. The zero-order valence-electron chi connectivity index (χ0n) is 16.7.